The van der Waals surface area contributed by atoms with E-state index in [1.54, 1.807) is 0 Å². The number of aromatic nitrogens is 1. The summed E-state index contributed by atoms with van der Waals surface area (Å²) in [6.45, 7) is 6.89. The maximum Gasteiger partial charge on any atom is 0.0880 e. The summed E-state index contributed by atoms with van der Waals surface area (Å²) < 4.78 is 2.66. The third-order valence-corrected chi connectivity index (χ3v) is 8.37. The number of thiophene rings is 1. The number of pyridine rings is 1. The van der Waals surface area contributed by atoms with Crippen LogP contribution >= 0.6 is 21.4 Å². The smallest absolute Gasteiger partial charge is 0.0880 e. The van der Waals surface area contributed by atoms with Gasteiger partial charge in [0.2, 0.25) is 0 Å². The fourth-order valence-electron chi connectivity index (χ4n) is 4.61. The first-order valence-corrected chi connectivity index (χ1v) is 14.9. The van der Waals surface area contributed by atoms with Gasteiger partial charge < -0.3 is 0 Å². The van der Waals surface area contributed by atoms with E-state index in [0.717, 1.165) is 5.69 Å². The first kappa shape index (κ1) is 21.5. The molecule has 0 atom stereocenters. The van der Waals surface area contributed by atoms with Gasteiger partial charge in [-0.1, -0.05) is 57.2 Å². The summed E-state index contributed by atoms with van der Waals surface area (Å²) in [6, 6.07) is 22.6. The van der Waals surface area contributed by atoms with Gasteiger partial charge in [0.25, 0.3) is 0 Å². The lowest BCUT2D eigenvalue weighted by Gasteiger charge is -2.25. The molecule has 0 bridgehead atoms. The second-order valence-corrected chi connectivity index (χ2v) is 16.2. The average Bonchev–Trinajstić information content (AvgIpc) is 3.08. The molecule has 0 aliphatic heterocycles. The van der Waals surface area contributed by atoms with Crippen LogP contribution in [0.3, 0.4) is 0 Å². The van der Waals surface area contributed by atoms with E-state index in [2.05, 4.69) is 100 Å². The number of benzene rings is 3. The van der Waals surface area contributed by atoms with Crippen molar-refractivity contribution in [3.05, 3.63) is 78.0 Å². The molecule has 164 valence electrons. The van der Waals surface area contributed by atoms with E-state index in [1.165, 1.54) is 53.4 Å². The van der Waals surface area contributed by atoms with Gasteiger partial charge in [0.15, 0.2) is 0 Å². The van der Waals surface area contributed by atoms with Crippen LogP contribution in [0.15, 0.2) is 66.9 Å². The fourth-order valence-corrected chi connectivity index (χ4v) is 7.06. The molecule has 2 aromatic heterocycles. The van der Waals surface area contributed by atoms with Gasteiger partial charge in [-0.25, -0.2) is 10.0 Å². The van der Waals surface area contributed by atoms with Crippen molar-refractivity contribution >= 4 is 52.3 Å². The predicted molar refractivity (Wildman–Crippen MR) is 148 cm³/mol. The van der Waals surface area contributed by atoms with Gasteiger partial charge in [-0.2, -0.15) is 0 Å². The molecule has 1 nitrogen and oxygen atoms in total. The Labute approximate surface area is 196 Å². The summed E-state index contributed by atoms with van der Waals surface area (Å²) >= 11 is 1.89. The highest BCUT2D eigenvalue weighted by Crippen LogP contribution is 2.43. The van der Waals surface area contributed by atoms with Gasteiger partial charge in [-0.05, 0) is 70.3 Å². The van der Waals surface area contributed by atoms with Crippen LogP contribution in [0.25, 0.3) is 42.2 Å². The molecule has 3 heteroatoms. The molecule has 0 amide bonds. The number of hydrogen-bond acceptors (Lipinski definition) is 2. The Hall–Kier alpha value is -2.36. The van der Waals surface area contributed by atoms with Crippen LogP contribution < -0.4 is 0 Å². The maximum absolute atomic E-state index is 4.90. The lowest BCUT2D eigenvalue weighted by Crippen LogP contribution is -2.12. The number of fused-ring (bicyclic) bond motifs is 4. The molecule has 0 saturated heterocycles. The summed E-state index contributed by atoms with van der Waals surface area (Å²) in [5.74, 6) is 1.17. The molecule has 0 aliphatic rings. The highest BCUT2D eigenvalue weighted by Gasteiger charge is 2.20. The normalized spacial score (nSPS) is 13.3. The zero-order valence-electron chi connectivity index (χ0n) is 19.8. The lowest BCUT2D eigenvalue weighted by molar-refractivity contribution is 0.596. The van der Waals surface area contributed by atoms with E-state index in [0.29, 0.717) is 0 Å². The molecule has 0 radical (unpaired) electrons. The van der Waals surface area contributed by atoms with Crippen molar-refractivity contribution in [2.45, 2.75) is 31.9 Å². The van der Waals surface area contributed by atoms with Crippen molar-refractivity contribution in [1.29, 1.82) is 0 Å². The molecule has 0 unspecified atom stereocenters. The minimum atomic E-state index is -0.574. The van der Waals surface area contributed by atoms with Crippen LogP contribution in [0.5, 0.6) is 0 Å². The van der Waals surface area contributed by atoms with Gasteiger partial charge in [-0.3, -0.25) is 4.98 Å². The van der Waals surface area contributed by atoms with Crippen molar-refractivity contribution in [1.82, 2.24) is 4.98 Å². The second kappa shape index (κ2) is 7.60. The van der Waals surface area contributed by atoms with Crippen LogP contribution in [0.1, 0.15) is 31.9 Å². The summed E-state index contributed by atoms with van der Waals surface area (Å²) in [7, 11) is -0.574. The minimum Gasteiger partial charge on any atom is -0.255 e. The summed E-state index contributed by atoms with van der Waals surface area (Å²) in [5, 5.41) is 5.28. The van der Waals surface area contributed by atoms with Gasteiger partial charge in [0.05, 0.1) is 10.4 Å². The second-order valence-electron chi connectivity index (χ2n) is 10.7. The molecule has 32 heavy (non-hydrogen) atoms. The summed E-state index contributed by atoms with van der Waals surface area (Å²) in [4.78, 5) is 4.90. The molecule has 0 spiro atoms. The monoisotopic (exact) mass is 457 g/mol. The van der Waals surface area contributed by atoms with Crippen molar-refractivity contribution in [3.8, 4) is 11.3 Å². The highest BCUT2D eigenvalue weighted by atomic mass is 32.3. The van der Waals surface area contributed by atoms with E-state index in [9.17, 15) is 0 Å². The topological polar surface area (TPSA) is 12.9 Å². The predicted octanol–water partition coefficient (Wildman–Crippen LogP) is 8.76. The number of rotatable bonds is 3. The molecule has 2 heterocycles. The zero-order valence-corrected chi connectivity index (χ0v) is 21.5. The molecule has 0 N–H and O–H groups in total. The van der Waals surface area contributed by atoms with E-state index in [1.807, 2.05) is 17.5 Å². The molecule has 5 rings (SSSR count). The highest BCUT2D eigenvalue weighted by molar-refractivity contribution is 8.31. The molecule has 0 aliphatic carbocycles. The number of hydrogen-bond donors (Lipinski definition) is 0. The maximum atomic E-state index is 4.90. The van der Waals surface area contributed by atoms with Crippen molar-refractivity contribution in [2.75, 3.05) is 18.8 Å². The molecule has 3 aromatic carbocycles. The van der Waals surface area contributed by atoms with Gasteiger partial charge in [0.1, 0.15) is 0 Å². The summed E-state index contributed by atoms with van der Waals surface area (Å²) in [6.07, 6.45) is 9.13. The molecule has 0 saturated carbocycles. The Kier molecular flexibility index (Phi) is 5.11. The molecular weight excluding hydrogens is 426 g/mol. The largest absolute Gasteiger partial charge is 0.255 e. The van der Waals surface area contributed by atoms with Crippen LogP contribution in [-0.4, -0.2) is 23.8 Å². The lowest BCUT2D eigenvalue weighted by atomic mass is 9.82. The van der Waals surface area contributed by atoms with Gasteiger partial charge >= 0.3 is 0 Å². The van der Waals surface area contributed by atoms with Gasteiger partial charge in [0, 0.05) is 33.0 Å². The van der Waals surface area contributed by atoms with Crippen LogP contribution in [0.2, 0.25) is 0 Å². The Morgan fingerprint density at radius 2 is 1.62 bits per heavy atom. The fraction of sp³-hybridized carbons (Fsp3) is 0.276. The minimum absolute atomic E-state index is 0.0634. The zero-order chi connectivity index (χ0) is 22.7. The van der Waals surface area contributed by atoms with Crippen molar-refractivity contribution in [3.63, 3.8) is 0 Å². The van der Waals surface area contributed by atoms with Crippen LogP contribution in [0.4, 0.5) is 0 Å². The molecule has 0 fully saturated rings. The SMILES string of the molecule is CC(C)(C)c1cc(-c2nccc3c2sc2cc(CS(C)(C)C)ccc23)cc2ccccc12. The van der Waals surface area contributed by atoms with Crippen LogP contribution in [-0.2, 0) is 11.2 Å². The quantitative estimate of drug-likeness (QED) is 0.264. The van der Waals surface area contributed by atoms with E-state index in [4.69, 9.17) is 4.98 Å². The van der Waals surface area contributed by atoms with Crippen molar-refractivity contribution < 1.29 is 0 Å². The molecular formula is C29H31NS2. The molecule has 5 aromatic rings. The average molecular weight is 458 g/mol. The van der Waals surface area contributed by atoms with E-state index >= 15 is 0 Å². The number of nitrogens with zero attached hydrogens (tertiary/aromatic N) is 1. The third kappa shape index (κ3) is 3.93. The Balaban J connectivity index is 1.74. The first-order chi connectivity index (χ1) is 15.1. The standard InChI is InChI=1S/C29H31NS2/c1-29(2,3)25-17-21(16-20-9-7-8-10-22(20)25)27-28-24(13-14-30-27)23-12-11-19(15-26(23)31-28)18-32(4,5)6/h7-17H,18H2,1-6H3. The van der Waals surface area contributed by atoms with E-state index in [-0.39, 0.29) is 5.41 Å². The van der Waals surface area contributed by atoms with Gasteiger partial charge in [-0.15, -0.1) is 11.3 Å². The Bertz CT molecular complexity index is 1460. The Morgan fingerprint density at radius 3 is 2.38 bits per heavy atom. The van der Waals surface area contributed by atoms with Crippen molar-refractivity contribution in [2.24, 2.45) is 0 Å². The van der Waals surface area contributed by atoms with E-state index < -0.39 is 10.0 Å². The van der Waals surface area contributed by atoms with Crippen LogP contribution in [0, 0.1) is 0 Å². The Morgan fingerprint density at radius 1 is 0.844 bits per heavy atom. The third-order valence-electron chi connectivity index (χ3n) is 6.00. The summed E-state index contributed by atoms with van der Waals surface area (Å²) in [5.41, 5.74) is 5.20. The first-order valence-electron chi connectivity index (χ1n) is 11.1.